The molecule has 0 radical (unpaired) electrons. The largest absolute Gasteiger partial charge is 2.00 e. The third kappa shape index (κ3) is 70.5. The first-order chi connectivity index (χ1) is 34.0. The molecule has 0 fully saturated rings. The Morgan fingerprint density at radius 1 is 0.310 bits per heavy atom. The maximum absolute atomic E-state index is 10.8. The summed E-state index contributed by atoms with van der Waals surface area (Å²) >= 11 is 0. The van der Waals surface area contributed by atoms with Gasteiger partial charge in [-0.15, -0.1) is 0 Å². The van der Waals surface area contributed by atoms with E-state index in [1.165, 1.54) is 257 Å². The van der Waals surface area contributed by atoms with Crippen LogP contribution in [0.1, 0.15) is 336 Å². The Balaban J connectivity index is -0.00000128. The van der Waals surface area contributed by atoms with Crippen LogP contribution in [-0.2, 0) is 29.2 Å². The fourth-order valence-electron chi connectivity index (χ4n) is 9.38. The van der Waals surface area contributed by atoms with Crippen molar-refractivity contribution in [3.8, 4) is 0 Å². The van der Waals surface area contributed by atoms with Crippen LogP contribution in [0.5, 0.6) is 0 Å². The SMILES string of the molecule is CCCCCCCCCCCCCCCCC/C=C/C(CCCCCCCCC)COS(=O)(=O)[O-].CCCCCCCCCCCCCCCCC/C=C/C(CCCCCCCCC)COS(=O)(=O)[O-].[Ca+2]. The summed E-state index contributed by atoms with van der Waals surface area (Å²) < 4.78 is 74.2. The third-order valence-electron chi connectivity index (χ3n) is 14.0. The van der Waals surface area contributed by atoms with Crippen LogP contribution < -0.4 is 0 Å². The van der Waals surface area contributed by atoms with Crippen LogP contribution in [0.3, 0.4) is 0 Å². The van der Waals surface area contributed by atoms with Gasteiger partial charge in [-0.25, -0.2) is 16.8 Å². The van der Waals surface area contributed by atoms with Crippen molar-refractivity contribution >= 4 is 58.5 Å². The Morgan fingerprint density at radius 2 is 0.493 bits per heavy atom. The molecule has 0 bridgehead atoms. The van der Waals surface area contributed by atoms with Gasteiger partial charge in [0.1, 0.15) is 0 Å². The van der Waals surface area contributed by atoms with E-state index in [1.807, 2.05) is 0 Å². The first-order valence-electron chi connectivity index (χ1n) is 30.5. The first kappa shape index (κ1) is 75.7. The number of allylic oxidation sites excluding steroid dienone is 2. The van der Waals surface area contributed by atoms with E-state index in [0.29, 0.717) is 0 Å². The van der Waals surface area contributed by atoms with Gasteiger partial charge in [-0.3, -0.25) is 8.37 Å². The summed E-state index contributed by atoms with van der Waals surface area (Å²) in [5.41, 5.74) is 0. The fourth-order valence-corrected chi connectivity index (χ4v) is 10.1. The van der Waals surface area contributed by atoms with Gasteiger partial charge in [0.15, 0.2) is 0 Å². The maximum atomic E-state index is 10.8. The molecule has 0 N–H and O–H groups in total. The Labute approximate surface area is 474 Å². The van der Waals surface area contributed by atoms with Gasteiger partial charge in [0, 0.05) is 11.8 Å². The number of hydrogen-bond acceptors (Lipinski definition) is 8. The van der Waals surface area contributed by atoms with Gasteiger partial charge >= 0.3 is 37.7 Å². The van der Waals surface area contributed by atoms with Crippen LogP contribution in [0.25, 0.3) is 0 Å². The molecule has 2 atom stereocenters. The zero-order chi connectivity index (χ0) is 51.8. The predicted molar refractivity (Wildman–Crippen MR) is 307 cm³/mol. The van der Waals surface area contributed by atoms with Crippen molar-refractivity contribution in [3.63, 3.8) is 0 Å². The van der Waals surface area contributed by atoms with Gasteiger partial charge in [0.25, 0.3) is 0 Å². The molecule has 0 aliphatic carbocycles. The van der Waals surface area contributed by atoms with E-state index in [-0.39, 0.29) is 62.8 Å². The Kier molecular flexibility index (Phi) is 65.4. The topological polar surface area (TPSA) is 133 Å². The summed E-state index contributed by atoms with van der Waals surface area (Å²) in [5, 5.41) is 0. The van der Waals surface area contributed by atoms with Gasteiger partial charge in [0.05, 0.1) is 13.2 Å². The molecule has 0 aromatic carbocycles. The molecule has 2 unspecified atom stereocenters. The van der Waals surface area contributed by atoms with Crippen molar-refractivity contribution in [1.82, 2.24) is 0 Å². The van der Waals surface area contributed by atoms with Crippen molar-refractivity contribution in [2.24, 2.45) is 11.8 Å². The Bertz CT molecular complexity index is 1190. The maximum Gasteiger partial charge on any atom is 2.00 e. The minimum Gasteiger partial charge on any atom is -0.726 e. The second-order valence-electron chi connectivity index (χ2n) is 21.1. The molecule has 0 saturated heterocycles. The Hall–Kier alpha value is 0.480. The van der Waals surface area contributed by atoms with E-state index in [0.717, 1.165) is 51.4 Å². The summed E-state index contributed by atoms with van der Waals surface area (Å²) in [7, 11) is -9.22. The molecule has 71 heavy (non-hydrogen) atoms. The number of hydrogen-bond donors (Lipinski definition) is 0. The molecular weight excluding hydrogens is 953 g/mol. The summed E-state index contributed by atoms with van der Waals surface area (Å²) in [6.07, 6.45) is 70.6. The summed E-state index contributed by atoms with van der Waals surface area (Å²) in [4.78, 5) is 0. The molecular formula is C60H118CaO8S2. The van der Waals surface area contributed by atoms with Crippen LogP contribution in [0.2, 0.25) is 0 Å². The molecule has 0 heterocycles. The first-order valence-corrected chi connectivity index (χ1v) is 33.2. The molecule has 0 aromatic rings. The van der Waals surface area contributed by atoms with E-state index < -0.39 is 20.8 Å². The molecule has 0 amide bonds. The number of rotatable bonds is 56. The average Bonchev–Trinajstić information content (AvgIpc) is 3.32. The van der Waals surface area contributed by atoms with Crippen molar-refractivity contribution in [3.05, 3.63) is 24.3 Å². The van der Waals surface area contributed by atoms with Crippen LogP contribution in [0, 0.1) is 11.8 Å². The van der Waals surface area contributed by atoms with Gasteiger partial charge in [0.2, 0.25) is 20.8 Å². The molecule has 11 heteroatoms. The van der Waals surface area contributed by atoms with Crippen LogP contribution in [-0.4, -0.2) is 76.9 Å². The average molecular weight is 1070 g/mol. The van der Waals surface area contributed by atoms with Gasteiger partial charge in [-0.2, -0.15) is 0 Å². The smallest absolute Gasteiger partial charge is 0.726 e. The van der Waals surface area contributed by atoms with E-state index >= 15 is 0 Å². The van der Waals surface area contributed by atoms with Gasteiger partial charge in [-0.1, -0.05) is 322 Å². The second-order valence-corrected chi connectivity index (χ2v) is 23.2. The van der Waals surface area contributed by atoms with E-state index in [2.05, 4.69) is 60.4 Å². The zero-order valence-corrected chi connectivity index (χ0v) is 51.5. The van der Waals surface area contributed by atoms with E-state index in [9.17, 15) is 25.9 Å². The van der Waals surface area contributed by atoms with Crippen LogP contribution >= 0.6 is 0 Å². The third-order valence-corrected chi connectivity index (χ3v) is 14.8. The van der Waals surface area contributed by atoms with Crippen molar-refractivity contribution in [2.75, 3.05) is 13.2 Å². The van der Waals surface area contributed by atoms with Crippen LogP contribution in [0.4, 0.5) is 0 Å². The molecule has 0 aliphatic heterocycles. The minimum absolute atomic E-state index is 0. The summed E-state index contributed by atoms with van der Waals surface area (Å²) in [5.74, 6) is 0.0383. The molecule has 0 rings (SSSR count). The quantitative estimate of drug-likeness (QED) is 0.0193. The molecule has 0 aliphatic rings. The minimum atomic E-state index is -4.61. The van der Waals surface area contributed by atoms with Crippen LogP contribution in [0.15, 0.2) is 24.3 Å². The van der Waals surface area contributed by atoms with Gasteiger partial charge in [-0.05, 0) is 38.5 Å². The van der Waals surface area contributed by atoms with E-state index in [4.69, 9.17) is 0 Å². The summed E-state index contributed by atoms with van der Waals surface area (Å²) in [6, 6.07) is 0. The normalized spacial score (nSPS) is 12.9. The fraction of sp³-hybridized carbons (Fsp3) is 0.933. The standard InChI is InChI=1S/2C30H60O4S.Ca/c2*1-3-5-7-9-11-12-13-14-15-16-17-18-19-20-22-24-26-28-30(29-34-35(31,32)33)27-25-23-21-10-8-6-4-2;/h2*26,28,30H,3-25,27,29H2,1-2H3,(H,31,32,33);/q;;+2/p-2/b2*28-26+;. The molecule has 0 spiro atoms. The number of unbranched alkanes of at least 4 members (excludes halogenated alkanes) is 42. The predicted octanol–water partition coefficient (Wildman–Crippen LogP) is 19.7. The van der Waals surface area contributed by atoms with Crippen molar-refractivity contribution in [2.45, 2.75) is 336 Å². The molecule has 420 valence electrons. The van der Waals surface area contributed by atoms with Crippen molar-refractivity contribution in [1.29, 1.82) is 0 Å². The summed E-state index contributed by atoms with van der Waals surface area (Å²) in [6.45, 7) is 8.96. The molecule has 0 aromatic heterocycles. The van der Waals surface area contributed by atoms with Crippen molar-refractivity contribution < 1.29 is 34.3 Å². The Morgan fingerprint density at radius 3 is 0.690 bits per heavy atom. The van der Waals surface area contributed by atoms with E-state index in [1.54, 1.807) is 0 Å². The second kappa shape index (κ2) is 61.3. The monoisotopic (exact) mass is 1070 g/mol. The molecule has 8 nitrogen and oxygen atoms in total. The zero-order valence-electron chi connectivity index (χ0n) is 47.6. The molecule has 0 saturated carbocycles. The van der Waals surface area contributed by atoms with Gasteiger partial charge < -0.3 is 9.11 Å².